The molecule has 1 aromatic rings. The molecule has 2 rings (SSSR count). The van der Waals surface area contributed by atoms with E-state index in [1.807, 2.05) is 0 Å². The number of oxime groups is 1. The fraction of sp³-hybridized carbons (Fsp3) is 0.615. The van der Waals surface area contributed by atoms with E-state index in [1.54, 1.807) is 12.4 Å². The Morgan fingerprint density at radius 3 is 3.00 bits per heavy atom. The number of amidine groups is 1. The quantitative estimate of drug-likeness (QED) is 0.374. The van der Waals surface area contributed by atoms with Gasteiger partial charge < -0.3 is 15.8 Å². The Bertz CT molecular complexity index is 446. The molecule has 1 atom stereocenters. The van der Waals surface area contributed by atoms with Gasteiger partial charge in [-0.2, -0.15) is 0 Å². The van der Waals surface area contributed by atoms with Crippen LogP contribution in [0, 0.1) is 0 Å². The van der Waals surface area contributed by atoms with Crippen LogP contribution < -0.4 is 10.6 Å². The predicted octanol–water partition coefficient (Wildman–Crippen LogP) is 1.73. The molecule has 0 radical (unpaired) electrons. The van der Waals surface area contributed by atoms with Crippen molar-refractivity contribution in [2.24, 2.45) is 10.9 Å². The molecule has 1 fully saturated rings. The summed E-state index contributed by atoms with van der Waals surface area (Å²) in [5.41, 5.74) is 6.16. The van der Waals surface area contributed by atoms with E-state index in [0.717, 1.165) is 31.6 Å². The molecule has 0 bridgehead atoms. The Morgan fingerprint density at radius 1 is 1.47 bits per heavy atom. The zero-order valence-electron chi connectivity index (χ0n) is 11.3. The van der Waals surface area contributed by atoms with Gasteiger partial charge >= 0.3 is 0 Å². The highest BCUT2D eigenvalue weighted by Gasteiger charge is 2.26. The SMILES string of the molecule is CCCC1CCCCN1c1nccnc1C(N)=NO. The fourth-order valence-corrected chi connectivity index (χ4v) is 2.68. The summed E-state index contributed by atoms with van der Waals surface area (Å²) in [6, 6.07) is 0.473. The van der Waals surface area contributed by atoms with Gasteiger partial charge in [0.1, 0.15) is 0 Å². The third-order valence-corrected chi connectivity index (χ3v) is 3.55. The van der Waals surface area contributed by atoms with Gasteiger partial charge in [-0.05, 0) is 25.7 Å². The minimum Gasteiger partial charge on any atom is -0.409 e. The van der Waals surface area contributed by atoms with Crippen molar-refractivity contribution in [1.82, 2.24) is 9.97 Å². The highest BCUT2D eigenvalue weighted by atomic mass is 16.4. The van der Waals surface area contributed by atoms with Crippen LogP contribution in [0.4, 0.5) is 5.82 Å². The lowest BCUT2D eigenvalue weighted by atomic mass is 9.98. The number of piperidine rings is 1. The Labute approximate surface area is 113 Å². The lowest BCUT2D eigenvalue weighted by Crippen LogP contribution is -2.41. The molecule has 19 heavy (non-hydrogen) atoms. The van der Waals surface area contributed by atoms with Crippen LogP contribution in [0.5, 0.6) is 0 Å². The Kier molecular flexibility index (Phi) is 4.54. The van der Waals surface area contributed by atoms with E-state index in [1.165, 1.54) is 12.8 Å². The molecule has 0 spiro atoms. The molecule has 6 nitrogen and oxygen atoms in total. The molecule has 6 heteroatoms. The van der Waals surface area contributed by atoms with Crippen LogP contribution >= 0.6 is 0 Å². The lowest BCUT2D eigenvalue weighted by molar-refractivity contribution is 0.318. The summed E-state index contributed by atoms with van der Waals surface area (Å²) in [6.45, 7) is 3.14. The van der Waals surface area contributed by atoms with Gasteiger partial charge in [0.05, 0.1) is 0 Å². The fourth-order valence-electron chi connectivity index (χ4n) is 2.68. The third kappa shape index (κ3) is 2.94. The van der Waals surface area contributed by atoms with Gasteiger partial charge in [0.15, 0.2) is 17.3 Å². The average Bonchev–Trinajstić information content (AvgIpc) is 2.47. The van der Waals surface area contributed by atoms with Crippen molar-refractivity contribution in [2.75, 3.05) is 11.4 Å². The smallest absolute Gasteiger partial charge is 0.192 e. The third-order valence-electron chi connectivity index (χ3n) is 3.55. The van der Waals surface area contributed by atoms with Crippen molar-refractivity contribution in [2.45, 2.75) is 45.1 Å². The molecule has 0 aliphatic carbocycles. The molecule has 0 amide bonds. The standard InChI is InChI=1S/C13H21N5O/c1-2-5-10-6-3-4-9-18(10)13-11(12(14)17-19)15-7-8-16-13/h7-8,10,19H,2-6,9H2,1H3,(H2,14,17). The first-order valence-electron chi connectivity index (χ1n) is 6.83. The second-order valence-corrected chi connectivity index (χ2v) is 4.85. The Balaban J connectivity index is 2.33. The minimum atomic E-state index is 0.0175. The van der Waals surface area contributed by atoms with Crippen molar-refractivity contribution in [3.63, 3.8) is 0 Å². The molecule has 2 heterocycles. The maximum Gasteiger partial charge on any atom is 0.192 e. The summed E-state index contributed by atoms with van der Waals surface area (Å²) in [5.74, 6) is 0.750. The highest BCUT2D eigenvalue weighted by Crippen LogP contribution is 2.27. The summed E-state index contributed by atoms with van der Waals surface area (Å²) < 4.78 is 0. The lowest BCUT2D eigenvalue weighted by Gasteiger charge is -2.37. The van der Waals surface area contributed by atoms with Gasteiger partial charge in [-0.25, -0.2) is 9.97 Å². The zero-order chi connectivity index (χ0) is 13.7. The number of rotatable bonds is 4. The second kappa shape index (κ2) is 6.36. The zero-order valence-corrected chi connectivity index (χ0v) is 11.3. The maximum atomic E-state index is 8.86. The molecule has 0 saturated carbocycles. The first-order valence-corrected chi connectivity index (χ1v) is 6.83. The predicted molar refractivity (Wildman–Crippen MR) is 74.4 cm³/mol. The number of nitrogens with zero attached hydrogens (tertiary/aromatic N) is 4. The van der Waals surface area contributed by atoms with Gasteiger partial charge in [-0.3, -0.25) is 0 Å². The van der Waals surface area contributed by atoms with E-state index < -0.39 is 0 Å². The number of anilines is 1. The first kappa shape index (κ1) is 13.6. The summed E-state index contributed by atoms with van der Waals surface area (Å²) in [5, 5.41) is 11.9. The topological polar surface area (TPSA) is 87.6 Å². The van der Waals surface area contributed by atoms with Crippen LogP contribution in [0.25, 0.3) is 0 Å². The number of nitrogens with two attached hydrogens (primary N) is 1. The van der Waals surface area contributed by atoms with Gasteiger partial charge in [-0.1, -0.05) is 18.5 Å². The van der Waals surface area contributed by atoms with Crippen molar-refractivity contribution >= 4 is 11.7 Å². The van der Waals surface area contributed by atoms with Crippen molar-refractivity contribution in [3.05, 3.63) is 18.1 Å². The molecule has 0 aromatic carbocycles. The molecule has 1 saturated heterocycles. The molecule has 1 unspecified atom stereocenters. The van der Waals surface area contributed by atoms with E-state index in [4.69, 9.17) is 10.9 Å². The van der Waals surface area contributed by atoms with Crippen LogP contribution in [0.15, 0.2) is 17.5 Å². The summed E-state index contributed by atoms with van der Waals surface area (Å²) in [7, 11) is 0. The van der Waals surface area contributed by atoms with Gasteiger partial charge in [-0.15, -0.1) is 0 Å². The summed E-state index contributed by atoms with van der Waals surface area (Å²) in [4.78, 5) is 10.9. The van der Waals surface area contributed by atoms with Crippen LogP contribution in [0.1, 0.15) is 44.7 Å². The van der Waals surface area contributed by atoms with Crippen LogP contribution in [-0.2, 0) is 0 Å². The summed E-state index contributed by atoms with van der Waals surface area (Å²) in [6.07, 6.45) is 9.05. The van der Waals surface area contributed by atoms with Crippen LogP contribution in [0.3, 0.4) is 0 Å². The van der Waals surface area contributed by atoms with Gasteiger partial charge in [0.2, 0.25) is 0 Å². The normalized spacial score (nSPS) is 20.6. The average molecular weight is 263 g/mol. The van der Waals surface area contributed by atoms with Crippen molar-refractivity contribution in [3.8, 4) is 0 Å². The van der Waals surface area contributed by atoms with E-state index in [9.17, 15) is 0 Å². The first-order chi connectivity index (χ1) is 9.27. The second-order valence-electron chi connectivity index (χ2n) is 4.85. The summed E-state index contributed by atoms with van der Waals surface area (Å²) >= 11 is 0. The van der Waals surface area contributed by atoms with Crippen molar-refractivity contribution in [1.29, 1.82) is 0 Å². The number of hydrogen-bond donors (Lipinski definition) is 2. The van der Waals surface area contributed by atoms with E-state index >= 15 is 0 Å². The Morgan fingerprint density at radius 2 is 2.26 bits per heavy atom. The molecule has 1 aliphatic heterocycles. The molecular weight excluding hydrogens is 242 g/mol. The van der Waals surface area contributed by atoms with Crippen LogP contribution in [0.2, 0.25) is 0 Å². The van der Waals surface area contributed by atoms with Crippen LogP contribution in [-0.4, -0.2) is 33.6 Å². The van der Waals surface area contributed by atoms with Gasteiger partial charge in [0.25, 0.3) is 0 Å². The molecule has 1 aromatic heterocycles. The largest absolute Gasteiger partial charge is 0.409 e. The molecule has 104 valence electrons. The number of hydrogen-bond acceptors (Lipinski definition) is 5. The van der Waals surface area contributed by atoms with E-state index in [2.05, 4.69) is 26.9 Å². The van der Waals surface area contributed by atoms with Gasteiger partial charge in [0, 0.05) is 25.0 Å². The monoisotopic (exact) mass is 263 g/mol. The molecule has 3 N–H and O–H groups in total. The molecular formula is C13H21N5O. The maximum absolute atomic E-state index is 8.86. The van der Waals surface area contributed by atoms with Crippen molar-refractivity contribution < 1.29 is 5.21 Å². The molecule has 1 aliphatic rings. The highest BCUT2D eigenvalue weighted by molar-refractivity contribution is 5.99. The number of aromatic nitrogens is 2. The Hall–Kier alpha value is -1.85. The minimum absolute atomic E-state index is 0.0175. The van der Waals surface area contributed by atoms with E-state index in [0.29, 0.717) is 11.7 Å². The van der Waals surface area contributed by atoms with E-state index in [-0.39, 0.29) is 5.84 Å².